The van der Waals surface area contributed by atoms with Gasteiger partial charge in [0.05, 0.1) is 6.54 Å². The maximum absolute atomic E-state index is 13.2. The molecule has 0 aliphatic carbocycles. The summed E-state index contributed by atoms with van der Waals surface area (Å²) in [5.74, 6) is 4.69. The molecule has 2 aromatic rings. The Morgan fingerprint density at radius 2 is 2.30 bits per heavy atom. The van der Waals surface area contributed by atoms with E-state index >= 15 is 0 Å². The van der Waals surface area contributed by atoms with Crippen molar-refractivity contribution in [3.05, 3.63) is 47.6 Å². The number of nitrogen functional groups attached to an aromatic ring is 1. The minimum Gasteiger partial charge on any atom is -0.364 e. The number of nitrogens with two attached hydrogens (primary N) is 1. The predicted octanol–water partition coefficient (Wildman–Crippen LogP) is 1.44. The maximum Gasteiger partial charge on any atom is 0.287 e. The highest BCUT2D eigenvalue weighted by Gasteiger charge is 2.14. The Bertz CT molecular complexity index is 600. The predicted molar refractivity (Wildman–Crippen MR) is 71.3 cm³/mol. The van der Waals surface area contributed by atoms with E-state index in [9.17, 15) is 9.18 Å². The van der Waals surface area contributed by atoms with Crippen LogP contribution in [0.15, 0.2) is 34.9 Å². The number of hydrogen-bond acceptors (Lipinski definition) is 5. The molecule has 0 atom stereocenters. The smallest absolute Gasteiger partial charge is 0.287 e. The standard InChI is InChI=1S/C13H15FN4O2/c1-2-18(10-5-3-4-9(14)6-10)8-11-7-12(17-20-11)13(19)16-15/h3-7H,2,8,15H2,1H3,(H,16,19). The first kappa shape index (κ1) is 14.0. The van der Waals surface area contributed by atoms with Crippen molar-refractivity contribution in [3.8, 4) is 0 Å². The molecule has 1 aromatic heterocycles. The summed E-state index contributed by atoms with van der Waals surface area (Å²) in [7, 11) is 0. The maximum atomic E-state index is 13.2. The fourth-order valence-corrected chi connectivity index (χ4v) is 1.82. The highest BCUT2D eigenvalue weighted by atomic mass is 19.1. The molecule has 7 heteroatoms. The van der Waals surface area contributed by atoms with Crippen molar-refractivity contribution in [1.29, 1.82) is 0 Å². The Morgan fingerprint density at radius 1 is 1.50 bits per heavy atom. The number of amides is 1. The van der Waals surface area contributed by atoms with Crippen LogP contribution in [0.25, 0.3) is 0 Å². The number of halogens is 1. The van der Waals surface area contributed by atoms with Crippen LogP contribution in [0.3, 0.4) is 0 Å². The van der Waals surface area contributed by atoms with Gasteiger partial charge in [-0.15, -0.1) is 0 Å². The summed E-state index contributed by atoms with van der Waals surface area (Å²) in [5, 5.41) is 3.62. The molecular weight excluding hydrogens is 263 g/mol. The zero-order valence-electron chi connectivity index (χ0n) is 11.0. The molecule has 3 N–H and O–H groups in total. The van der Waals surface area contributed by atoms with E-state index in [4.69, 9.17) is 10.4 Å². The number of anilines is 1. The molecule has 0 spiro atoms. The van der Waals surface area contributed by atoms with E-state index in [2.05, 4.69) is 5.16 Å². The summed E-state index contributed by atoms with van der Waals surface area (Å²) < 4.78 is 18.3. The van der Waals surface area contributed by atoms with Crippen LogP contribution in [-0.4, -0.2) is 17.6 Å². The molecule has 1 aromatic carbocycles. The topological polar surface area (TPSA) is 84.4 Å². The summed E-state index contributed by atoms with van der Waals surface area (Å²) in [4.78, 5) is 13.2. The molecule has 6 nitrogen and oxygen atoms in total. The Labute approximate surface area is 115 Å². The zero-order chi connectivity index (χ0) is 14.5. The lowest BCUT2D eigenvalue weighted by Gasteiger charge is -2.21. The molecule has 1 heterocycles. The van der Waals surface area contributed by atoms with Gasteiger partial charge in [0.2, 0.25) is 0 Å². The molecule has 0 saturated carbocycles. The van der Waals surface area contributed by atoms with Crippen molar-refractivity contribution in [1.82, 2.24) is 10.6 Å². The molecule has 0 bridgehead atoms. The van der Waals surface area contributed by atoms with Crippen molar-refractivity contribution >= 4 is 11.6 Å². The van der Waals surface area contributed by atoms with Crippen LogP contribution in [0.2, 0.25) is 0 Å². The Hall–Kier alpha value is -2.41. The van der Waals surface area contributed by atoms with Crippen LogP contribution in [0.1, 0.15) is 23.2 Å². The highest BCUT2D eigenvalue weighted by molar-refractivity contribution is 5.91. The third-order valence-electron chi connectivity index (χ3n) is 2.82. The summed E-state index contributed by atoms with van der Waals surface area (Å²) in [6.07, 6.45) is 0. The number of nitrogens with one attached hydrogen (secondary N) is 1. The lowest BCUT2D eigenvalue weighted by atomic mass is 10.2. The van der Waals surface area contributed by atoms with Crippen LogP contribution in [0, 0.1) is 5.82 Å². The second-order valence-electron chi connectivity index (χ2n) is 4.15. The Kier molecular flexibility index (Phi) is 4.31. The van der Waals surface area contributed by atoms with Gasteiger partial charge in [0, 0.05) is 18.3 Å². The molecule has 106 valence electrons. The van der Waals surface area contributed by atoms with Gasteiger partial charge in [-0.2, -0.15) is 0 Å². The second kappa shape index (κ2) is 6.16. The molecule has 0 fully saturated rings. The van der Waals surface area contributed by atoms with Gasteiger partial charge in [-0.1, -0.05) is 11.2 Å². The van der Waals surface area contributed by atoms with E-state index < -0.39 is 5.91 Å². The normalized spacial score (nSPS) is 10.3. The largest absolute Gasteiger partial charge is 0.364 e. The summed E-state index contributed by atoms with van der Waals surface area (Å²) in [6, 6.07) is 7.77. The molecule has 2 rings (SSSR count). The number of carbonyl (C=O) groups is 1. The molecule has 0 saturated heterocycles. The minimum absolute atomic E-state index is 0.109. The number of aromatic nitrogens is 1. The molecule has 1 amide bonds. The van der Waals surface area contributed by atoms with Crippen molar-refractivity contribution in [2.75, 3.05) is 11.4 Å². The van der Waals surface area contributed by atoms with E-state index in [1.807, 2.05) is 17.2 Å². The molecule has 0 aliphatic heterocycles. The van der Waals surface area contributed by atoms with Crippen LogP contribution >= 0.6 is 0 Å². The van der Waals surface area contributed by atoms with Crippen LogP contribution in [0.4, 0.5) is 10.1 Å². The van der Waals surface area contributed by atoms with E-state index in [0.29, 0.717) is 18.8 Å². The number of nitrogens with zero attached hydrogens (tertiary/aromatic N) is 2. The average Bonchev–Trinajstić information content (AvgIpc) is 2.92. The van der Waals surface area contributed by atoms with Gasteiger partial charge in [-0.25, -0.2) is 10.2 Å². The van der Waals surface area contributed by atoms with Gasteiger partial charge in [-0.05, 0) is 25.1 Å². The number of hydrazine groups is 1. The van der Waals surface area contributed by atoms with Gasteiger partial charge in [-0.3, -0.25) is 10.2 Å². The van der Waals surface area contributed by atoms with Crippen LogP contribution < -0.4 is 16.2 Å². The van der Waals surface area contributed by atoms with Crippen molar-refractivity contribution in [2.45, 2.75) is 13.5 Å². The number of rotatable bonds is 5. The summed E-state index contributed by atoms with van der Waals surface area (Å²) in [6.45, 7) is 2.97. The van der Waals surface area contributed by atoms with Crippen molar-refractivity contribution < 1.29 is 13.7 Å². The number of hydrogen-bond donors (Lipinski definition) is 2. The minimum atomic E-state index is -0.520. The van der Waals surface area contributed by atoms with Gasteiger partial charge in [0.1, 0.15) is 5.82 Å². The van der Waals surface area contributed by atoms with Crippen LogP contribution in [-0.2, 0) is 6.54 Å². The first-order valence-corrected chi connectivity index (χ1v) is 6.11. The lowest BCUT2D eigenvalue weighted by Crippen LogP contribution is -2.30. The van der Waals surface area contributed by atoms with Gasteiger partial charge in [0.15, 0.2) is 11.5 Å². The van der Waals surface area contributed by atoms with E-state index in [-0.39, 0.29) is 11.5 Å². The SMILES string of the molecule is CCN(Cc1cc(C(=O)NN)no1)c1cccc(F)c1. The average molecular weight is 278 g/mol. The van der Waals surface area contributed by atoms with Gasteiger partial charge in [0.25, 0.3) is 5.91 Å². The second-order valence-corrected chi connectivity index (χ2v) is 4.15. The third kappa shape index (κ3) is 3.12. The molecule has 20 heavy (non-hydrogen) atoms. The number of benzene rings is 1. The fraction of sp³-hybridized carbons (Fsp3) is 0.231. The van der Waals surface area contributed by atoms with E-state index in [1.54, 1.807) is 12.1 Å². The third-order valence-corrected chi connectivity index (χ3v) is 2.82. The van der Waals surface area contributed by atoms with Crippen LogP contribution in [0.5, 0.6) is 0 Å². The Morgan fingerprint density at radius 3 is 2.95 bits per heavy atom. The Balaban J connectivity index is 2.14. The molecule has 0 radical (unpaired) electrons. The number of carbonyl (C=O) groups excluding carboxylic acids is 1. The monoisotopic (exact) mass is 278 g/mol. The van der Waals surface area contributed by atoms with E-state index in [1.165, 1.54) is 18.2 Å². The molecular formula is C13H15FN4O2. The molecule has 0 unspecified atom stereocenters. The summed E-state index contributed by atoms with van der Waals surface area (Å²) >= 11 is 0. The van der Waals surface area contributed by atoms with Gasteiger partial charge >= 0.3 is 0 Å². The molecule has 0 aliphatic rings. The lowest BCUT2D eigenvalue weighted by molar-refractivity contribution is 0.0944. The van der Waals surface area contributed by atoms with E-state index in [0.717, 1.165) is 5.69 Å². The zero-order valence-corrected chi connectivity index (χ0v) is 11.0. The van der Waals surface area contributed by atoms with Crippen molar-refractivity contribution in [2.24, 2.45) is 5.84 Å². The van der Waals surface area contributed by atoms with Crippen molar-refractivity contribution in [3.63, 3.8) is 0 Å². The quantitative estimate of drug-likeness (QED) is 0.491. The summed E-state index contributed by atoms with van der Waals surface area (Å²) in [5.41, 5.74) is 2.82. The fourth-order valence-electron chi connectivity index (χ4n) is 1.82. The first-order chi connectivity index (χ1) is 9.63. The highest BCUT2D eigenvalue weighted by Crippen LogP contribution is 2.18. The van der Waals surface area contributed by atoms with Gasteiger partial charge < -0.3 is 9.42 Å². The first-order valence-electron chi connectivity index (χ1n) is 6.11.